The van der Waals surface area contributed by atoms with Gasteiger partial charge in [-0.15, -0.1) is 0 Å². The number of ether oxygens (including phenoxy) is 1. The molecule has 2 amide bonds. The number of carbonyl (C=O) groups is 2. The van der Waals surface area contributed by atoms with Crippen molar-refractivity contribution in [3.05, 3.63) is 28.8 Å². The zero-order chi connectivity index (χ0) is 19.3. The van der Waals surface area contributed by atoms with E-state index >= 15 is 0 Å². The second kappa shape index (κ2) is 8.73. The molecule has 1 heterocycles. The van der Waals surface area contributed by atoms with Gasteiger partial charge in [-0.05, 0) is 31.0 Å². The molecule has 9 heteroatoms. The third-order valence-corrected chi connectivity index (χ3v) is 6.27. The zero-order valence-electron chi connectivity index (χ0n) is 14.6. The molecule has 1 aliphatic rings. The van der Waals surface area contributed by atoms with Crippen LogP contribution >= 0.6 is 11.6 Å². The normalized spacial score (nSPS) is 18.5. The molecule has 0 saturated carbocycles. The minimum Gasteiger partial charge on any atom is -0.483 e. The van der Waals surface area contributed by atoms with E-state index in [9.17, 15) is 18.0 Å². The summed E-state index contributed by atoms with van der Waals surface area (Å²) in [6.07, 6.45) is 2.09. The summed E-state index contributed by atoms with van der Waals surface area (Å²) in [6, 6.07) is 4.06. The molecule has 0 radical (unpaired) electrons. The average molecular weight is 403 g/mol. The summed E-state index contributed by atoms with van der Waals surface area (Å²) < 4.78 is 29.0. The highest BCUT2D eigenvalue weighted by Gasteiger charge is 2.34. The molecule has 7 nitrogen and oxygen atoms in total. The van der Waals surface area contributed by atoms with Gasteiger partial charge in [0.25, 0.3) is 11.8 Å². The van der Waals surface area contributed by atoms with Gasteiger partial charge >= 0.3 is 0 Å². The number of nitrogens with two attached hydrogens (primary N) is 1. The molecule has 144 valence electrons. The summed E-state index contributed by atoms with van der Waals surface area (Å²) in [5, 5.41) is 0.332. The first kappa shape index (κ1) is 20.5. The number of rotatable bonds is 8. The van der Waals surface area contributed by atoms with Crippen molar-refractivity contribution in [1.82, 2.24) is 4.90 Å². The minimum absolute atomic E-state index is 0.0179. The molecule has 0 bridgehead atoms. The third kappa shape index (κ3) is 5.35. The van der Waals surface area contributed by atoms with Crippen LogP contribution < -0.4 is 10.5 Å². The lowest BCUT2D eigenvalue weighted by Crippen LogP contribution is -2.44. The summed E-state index contributed by atoms with van der Waals surface area (Å²) in [6.45, 7) is 2.17. The molecule has 1 aliphatic heterocycles. The molecular formula is C17H23ClN2O5S. The molecule has 1 unspecified atom stereocenters. The molecule has 1 aromatic rings. The smallest absolute Gasteiger partial charge is 0.260 e. The Hall–Kier alpha value is -1.80. The summed E-state index contributed by atoms with van der Waals surface area (Å²) >= 11 is 5.85. The fraction of sp³-hybridized carbons (Fsp3) is 0.529. The fourth-order valence-electron chi connectivity index (χ4n) is 2.90. The number of nitrogens with zero attached hydrogens (tertiary/aromatic N) is 1. The van der Waals surface area contributed by atoms with Gasteiger partial charge in [0, 0.05) is 17.6 Å². The van der Waals surface area contributed by atoms with Crippen molar-refractivity contribution in [2.75, 3.05) is 24.7 Å². The SMILES string of the molecule is CCCCN(C(=O)COc1ccc(Cl)cc1C(N)=O)C1CCS(=O)(=O)C1. The zero-order valence-corrected chi connectivity index (χ0v) is 16.2. The number of halogens is 1. The van der Waals surface area contributed by atoms with Crippen LogP contribution in [0.15, 0.2) is 18.2 Å². The molecular weight excluding hydrogens is 380 g/mol. The maximum Gasteiger partial charge on any atom is 0.260 e. The number of sulfone groups is 1. The van der Waals surface area contributed by atoms with Gasteiger partial charge in [0.05, 0.1) is 17.1 Å². The lowest BCUT2D eigenvalue weighted by molar-refractivity contribution is -0.135. The predicted octanol–water partition coefficient (Wildman–Crippen LogP) is 1.63. The number of unbranched alkanes of at least 4 members (excludes halogenated alkanes) is 1. The van der Waals surface area contributed by atoms with Gasteiger partial charge in [-0.2, -0.15) is 0 Å². The van der Waals surface area contributed by atoms with Gasteiger partial charge < -0.3 is 15.4 Å². The van der Waals surface area contributed by atoms with Crippen LogP contribution in [-0.4, -0.2) is 55.8 Å². The molecule has 2 rings (SSSR count). The fourth-order valence-corrected chi connectivity index (χ4v) is 4.81. The Morgan fingerprint density at radius 1 is 1.38 bits per heavy atom. The van der Waals surface area contributed by atoms with Gasteiger partial charge in [0.2, 0.25) is 0 Å². The Labute approximate surface area is 158 Å². The van der Waals surface area contributed by atoms with Crippen LogP contribution in [-0.2, 0) is 14.6 Å². The van der Waals surface area contributed by atoms with Crippen LogP contribution in [0.5, 0.6) is 5.75 Å². The van der Waals surface area contributed by atoms with Gasteiger partial charge in [-0.25, -0.2) is 8.42 Å². The minimum atomic E-state index is -3.10. The Morgan fingerprint density at radius 3 is 2.69 bits per heavy atom. The highest BCUT2D eigenvalue weighted by atomic mass is 35.5. The topological polar surface area (TPSA) is 107 Å². The van der Waals surface area contributed by atoms with Gasteiger partial charge in [0.15, 0.2) is 16.4 Å². The molecule has 1 atom stereocenters. The van der Waals surface area contributed by atoms with Crippen molar-refractivity contribution >= 4 is 33.3 Å². The van der Waals surface area contributed by atoms with E-state index in [1.165, 1.54) is 18.2 Å². The van der Waals surface area contributed by atoms with Crippen molar-refractivity contribution in [3.63, 3.8) is 0 Å². The van der Waals surface area contributed by atoms with E-state index in [1.807, 2.05) is 6.92 Å². The maximum absolute atomic E-state index is 12.6. The number of carbonyl (C=O) groups excluding carboxylic acids is 2. The van der Waals surface area contributed by atoms with Crippen molar-refractivity contribution in [1.29, 1.82) is 0 Å². The van der Waals surface area contributed by atoms with Crippen LogP contribution in [0, 0.1) is 0 Å². The highest BCUT2D eigenvalue weighted by Crippen LogP contribution is 2.23. The van der Waals surface area contributed by atoms with Gasteiger partial charge in [-0.3, -0.25) is 9.59 Å². The number of amides is 2. The van der Waals surface area contributed by atoms with E-state index in [1.54, 1.807) is 4.90 Å². The molecule has 0 aliphatic carbocycles. The van der Waals surface area contributed by atoms with E-state index in [-0.39, 0.29) is 41.4 Å². The summed E-state index contributed by atoms with van der Waals surface area (Å²) in [5.41, 5.74) is 5.40. The summed E-state index contributed by atoms with van der Waals surface area (Å²) in [7, 11) is -3.10. The Bertz CT molecular complexity index is 781. The molecule has 2 N–H and O–H groups in total. The molecule has 0 spiro atoms. The predicted molar refractivity (Wildman–Crippen MR) is 99.1 cm³/mol. The van der Waals surface area contributed by atoms with E-state index in [0.717, 1.165) is 12.8 Å². The highest BCUT2D eigenvalue weighted by molar-refractivity contribution is 7.91. The van der Waals surface area contributed by atoms with Crippen LogP contribution in [0.4, 0.5) is 0 Å². The first-order valence-electron chi connectivity index (χ1n) is 8.45. The second-order valence-corrected chi connectivity index (χ2v) is 8.96. The molecule has 1 aromatic carbocycles. The third-order valence-electron chi connectivity index (χ3n) is 4.28. The van der Waals surface area contributed by atoms with E-state index < -0.39 is 15.7 Å². The van der Waals surface area contributed by atoms with Crippen molar-refractivity contribution in [2.24, 2.45) is 5.73 Å². The van der Waals surface area contributed by atoms with E-state index in [2.05, 4.69) is 0 Å². The van der Waals surface area contributed by atoms with Gasteiger partial charge in [0.1, 0.15) is 5.75 Å². The number of primary amides is 1. The van der Waals surface area contributed by atoms with Gasteiger partial charge in [-0.1, -0.05) is 24.9 Å². The van der Waals surface area contributed by atoms with Crippen LogP contribution in [0.3, 0.4) is 0 Å². The molecule has 26 heavy (non-hydrogen) atoms. The van der Waals surface area contributed by atoms with Crippen molar-refractivity contribution in [2.45, 2.75) is 32.2 Å². The standard InChI is InChI=1S/C17H23ClN2O5S/c1-2-3-7-20(13-6-8-26(23,24)11-13)16(21)10-25-15-5-4-12(18)9-14(15)17(19)22/h4-5,9,13H,2-3,6-8,10-11H2,1H3,(H2,19,22). The van der Waals surface area contributed by atoms with E-state index in [4.69, 9.17) is 22.1 Å². The first-order chi connectivity index (χ1) is 12.2. The Kier molecular flexibility index (Phi) is 6.88. The summed E-state index contributed by atoms with van der Waals surface area (Å²) in [5.74, 6) is -0.775. The van der Waals surface area contributed by atoms with E-state index in [0.29, 0.717) is 18.0 Å². The Balaban J connectivity index is 2.09. The molecule has 1 saturated heterocycles. The molecule has 0 aromatic heterocycles. The monoisotopic (exact) mass is 402 g/mol. The number of benzene rings is 1. The number of hydrogen-bond donors (Lipinski definition) is 1. The first-order valence-corrected chi connectivity index (χ1v) is 10.7. The van der Waals surface area contributed by atoms with Crippen LogP contribution in [0.25, 0.3) is 0 Å². The lowest BCUT2D eigenvalue weighted by atomic mass is 10.2. The summed E-state index contributed by atoms with van der Waals surface area (Å²) in [4.78, 5) is 25.7. The van der Waals surface area contributed by atoms with Crippen molar-refractivity contribution < 1.29 is 22.7 Å². The lowest BCUT2D eigenvalue weighted by Gasteiger charge is -2.28. The van der Waals surface area contributed by atoms with Crippen LogP contribution in [0.1, 0.15) is 36.5 Å². The van der Waals surface area contributed by atoms with Crippen molar-refractivity contribution in [3.8, 4) is 5.75 Å². The maximum atomic E-state index is 12.6. The average Bonchev–Trinajstić information content (AvgIpc) is 2.93. The quantitative estimate of drug-likeness (QED) is 0.711. The Morgan fingerprint density at radius 2 is 2.12 bits per heavy atom. The molecule has 1 fully saturated rings. The second-order valence-electron chi connectivity index (χ2n) is 6.29. The number of hydrogen-bond acceptors (Lipinski definition) is 5. The largest absolute Gasteiger partial charge is 0.483 e. The van der Waals surface area contributed by atoms with Crippen LogP contribution in [0.2, 0.25) is 5.02 Å².